The van der Waals surface area contributed by atoms with E-state index in [1.54, 1.807) is 0 Å². The Labute approximate surface area is 117 Å². The Hall–Kier alpha value is 0.01000. The van der Waals surface area contributed by atoms with Crippen LogP contribution in [0.1, 0.15) is 11.1 Å². The van der Waals surface area contributed by atoms with Gasteiger partial charge in [-0.3, -0.25) is 0 Å². The molecule has 0 radical (unpaired) electrons. The number of benzene rings is 1. The van der Waals surface area contributed by atoms with Gasteiger partial charge < -0.3 is 0 Å². The summed E-state index contributed by atoms with van der Waals surface area (Å²) in [6.45, 7) is 3.75. The van der Waals surface area contributed by atoms with Gasteiger partial charge in [0.2, 0.25) is 0 Å². The van der Waals surface area contributed by atoms with Crippen LogP contribution in [-0.4, -0.2) is 22.5 Å². The maximum absolute atomic E-state index is 3.75. The van der Waals surface area contributed by atoms with Crippen LogP contribution < -0.4 is 0 Å². The summed E-state index contributed by atoms with van der Waals surface area (Å²) in [6.07, 6.45) is 1.97. The van der Waals surface area contributed by atoms with Gasteiger partial charge in [0.05, 0.1) is 0 Å². The summed E-state index contributed by atoms with van der Waals surface area (Å²) in [5.74, 6) is 6.00. The van der Waals surface area contributed by atoms with E-state index in [1.165, 1.54) is 22.6 Å². The second kappa shape index (κ2) is 7.45. The molecule has 0 saturated carbocycles. The Morgan fingerprint density at radius 1 is 1.29 bits per heavy atom. The molecule has 2 rings (SSSR count). The van der Waals surface area contributed by atoms with Gasteiger partial charge in [0, 0.05) is 34.0 Å². The lowest BCUT2D eigenvalue weighted by Crippen LogP contribution is -1.90. The minimum Gasteiger partial charge on any atom is -0.156 e. The maximum Gasteiger partial charge on any atom is 0.0229 e. The van der Waals surface area contributed by atoms with Crippen LogP contribution in [0.4, 0.5) is 0 Å². The second-order valence-electron chi connectivity index (χ2n) is 4.09. The number of hydrogen-bond donors (Lipinski definition) is 0. The quantitative estimate of drug-likeness (QED) is 0.393. The highest BCUT2D eigenvalue weighted by Crippen LogP contribution is 2.33. The third-order valence-corrected chi connectivity index (χ3v) is 5.84. The summed E-state index contributed by atoms with van der Waals surface area (Å²) in [5.41, 5.74) is 2.91. The van der Waals surface area contributed by atoms with E-state index in [1.807, 2.05) is 17.8 Å². The van der Waals surface area contributed by atoms with Gasteiger partial charge in [-0.05, 0) is 11.1 Å². The fraction of sp³-hybridized carbons (Fsp3) is 0.429. The first-order valence-corrected chi connectivity index (χ1v) is 9.20. The van der Waals surface area contributed by atoms with Crippen LogP contribution >= 0.6 is 35.3 Å². The molecule has 1 unspecified atom stereocenters. The fourth-order valence-corrected chi connectivity index (χ4v) is 4.23. The van der Waals surface area contributed by atoms with Crippen LogP contribution in [0.2, 0.25) is 0 Å². The lowest BCUT2D eigenvalue weighted by molar-refractivity contribution is 1.25. The molecule has 0 amide bonds. The summed E-state index contributed by atoms with van der Waals surface area (Å²) in [5, 5.41) is 0.950. The summed E-state index contributed by atoms with van der Waals surface area (Å²) >= 11 is 6.08. The molecular formula is C14H18S3. The molecule has 0 spiro atoms. The van der Waals surface area contributed by atoms with Crippen LogP contribution in [0.25, 0.3) is 0 Å². The van der Waals surface area contributed by atoms with Crippen molar-refractivity contribution in [1.29, 1.82) is 0 Å². The Morgan fingerprint density at radius 3 is 2.65 bits per heavy atom. The molecule has 3 heteroatoms. The minimum atomic E-state index is 0.950. The standard InChI is InChI=1S/C14H18S3/c1-2-6-15-8-12-4-3-5-13(7-12)9-16-10-14-11-17-14/h2-5,7,14H,1,6,8-11H2. The molecule has 0 nitrogen and oxygen atoms in total. The zero-order chi connectivity index (χ0) is 11.9. The molecule has 1 aliphatic heterocycles. The predicted octanol–water partition coefficient (Wildman–Crippen LogP) is 4.45. The van der Waals surface area contributed by atoms with Gasteiger partial charge in [-0.15, -0.1) is 6.58 Å². The summed E-state index contributed by atoms with van der Waals surface area (Å²) < 4.78 is 0. The van der Waals surface area contributed by atoms with Gasteiger partial charge in [0.15, 0.2) is 0 Å². The second-order valence-corrected chi connectivity index (χ2v) is 7.49. The molecule has 1 atom stereocenters. The van der Waals surface area contributed by atoms with Crippen molar-refractivity contribution in [3.8, 4) is 0 Å². The van der Waals surface area contributed by atoms with Gasteiger partial charge in [-0.2, -0.15) is 35.3 Å². The highest BCUT2D eigenvalue weighted by atomic mass is 32.2. The van der Waals surface area contributed by atoms with Crippen molar-refractivity contribution in [2.75, 3.05) is 17.3 Å². The average Bonchev–Trinajstić information content (AvgIpc) is 3.14. The predicted molar refractivity (Wildman–Crippen MR) is 85.2 cm³/mol. The Morgan fingerprint density at radius 2 is 2.00 bits per heavy atom. The molecule has 17 heavy (non-hydrogen) atoms. The van der Waals surface area contributed by atoms with Crippen molar-refractivity contribution in [1.82, 2.24) is 0 Å². The van der Waals surface area contributed by atoms with E-state index in [-0.39, 0.29) is 0 Å². The van der Waals surface area contributed by atoms with Crippen molar-refractivity contribution in [3.63, 3.8) is 0 Å². The van der Waals surface area contributed by atoms with E-state index in [2.05, 4.69) is 54.4 Å². The molecule has 0 aliphatic carbocycles. The van der Waals surface area contributed by atoms with E-state index in [0.29, 0.717) is 0 Å². The van der Waals surface area contributed by atoms with Gasteiger partial charge >= 0.3 is 0 Å². The van der Waals surface area contributed by atoms with Crippen molar-refractivity contribution in [2.45, 2.75) is 16.8 Å². The first-order chi connectivity index (χ1) is 8.38. The SMILES string of the molecule is C=CCSCc1cccc(CSCC2CS2)c1. The molecule has 0 bridgehead atoms. The Kier molecular flexibility index (Phi) is 5.89. The van der Waals surface area contributed by atoms with Crippen LogP contribution in [0, 0.1) is 0 Å². The highest BCUT2D eigenvalue weighted by molar-refractivity contribution is 8.08. The van der Waals surface area contributed by atoms with Gasteiger partial charge in [-0.1, -0.05) is 30.3 Å². The van der Waals surface area contributed by atoms with Crippen molar-refractivity contribution < 1.29 is 0 Å². The first kappa shape index (κ1) is 13.4. The number of hydrogen-bond acceptors (Lipinski definition) is 3. The van der Waals surface area contributed by atoms with Crippen LogP contribution in [0.3, 0.4) is 0 Å². The average molecular weight is 282 g/mol. The molecule has 1 fully saturated rings. The van der Waals surface area contributed by atoms with Crippen LogP contribution in [0.5, 0.6) is 0 Å². The van der Waals surface area contributed by atoms with Crippen molar-refractivity contribution >= 4 is 35.3 Å². The fourth-order valence-electron chi connectivity index (χ4n) is 1.54. The van der Waals surface area contributed by atoms with E-state index in [4.69, 9.17) is 0 Å². The first-order valence-electron chi connectivity index (χ1n) is 5.84. The monoisotopic (exact) mass is 282 g/mol. The number of rotatable bonds is 8. The summed E-state index contributed by atoms with van der Waals surface area (Å²) in [4.78, 5) is 0. The Balaban J connectivity index is 1.75. The largest absolute Gasteiger partial charge is 0.156 e. The van der Waals surface area contributed by atoms with Gasteiger partial charge in [-0.25, -0.2) is 0 Å². The zero-order valence-electron chi connectivity index (χ0n) is 9.93. The normalized spacial score (nSPS) is 18.0. The highest BCUT2D eigenvalue weighted by Gasteiger charge is 2.21. The Bertz CT molecular complexity index is 358. The van der Waals surface area contributed by atoms with E-state index in [9.17, 15) is 0 Å². The smallest absolute Gasteiger partial charge is 0.0229 e. The third kappa shape index (κ3) is 5.45. The lowest BCUT2D eigenvalue weighted by Gasteiger charge is -2.04. The zero-order valence-corrected chi connectivity index (χ0v) is 12.4. The van der Waals surface area contributed by atoms with Crippen LogP contribution in [0.15, 0.2) is 36.9 Å². The van der Waals surface area contributed by atoms with Crippen LogP contribution in [-0.2, 0) is 11.5 Å². The molecular weight excluding hydrogens is 264 g/mol. The molecule has 1 saturated heterocycles. The molecule has 0 aromatic heterocycles. The van der Waals surface area contributed by atoms with Crippen molar-refractivity contribution in [3.05, 3.63) is 48.0 Å². The minimum absolute atomic E-state index is 0.950. The molecule has 1 aromatic carbocycles. The molecule has 0 N–H and O–H groups in total. The summed E-state index contributed by atoms with van der Waals surface area (Å²) in [7, 11) is 0. The number of thioether (sulfide) groups is 3. The molecule has 1 aliphatic rings. The molecule has 92 valence electrons. The van der Waals surface area contributed by atoms with E-state index < -0.39 is 0 Å². The molecule has 1 aromatic rings. The van der Waals surface area contributed by atoms with E-state index >= 15 is 0 Å². The van der Waals surface area contributed by atoms with Crippen molar-refractivity contribution in [2.24, 2.45) is 0 Å². The molecule has 1 heterocycles. The van der Waals surface area contributed by atoms with E-state index in [0.717, 1.165) is 22.5 Å². The summed E-state index contributed by atoms with van der Waals surface area (Å²) in [6, 6.07) is 9.00. The topological polar surface area (TPSA) is 0 Å². The lowest BCUT2D eigenvalue weighted by atomic mass is 10.2. The van der Waals surface area contributed by atoms with Gasteiger partial charge in [0.1, 0.15) is 0 Å². The van der Waals surface area contributed by atoms with Gasteiger partial charge in [0.25, 0.3) is 0 Å². The maximum atomic E-state index is 3.75. The third-order valence-electron chi connectivity index (χ3n) is 2.47.